The van der Waals surface area contributed by atoms with Gasteiger partial charge in [0, 0.05) is 13.1 Å². The van der Waals surface area contributed by atoms with Crippen LogP contribution in [0.2, 0.25) is 0 Å². The van der Waals surface area contributed by atoms with E-state index in [1.54, 1.807) is 11.0 Å². The lowest BCUT2D eigenvalue weighted by Crippen LogP contribution is -2.25. The number of hydrogen-bond acceptors (Lipinski definition) is 3. The third kappa shape index (κ3) is 1.81. The quantitative estimate of drug-likeness (QED) is 0.712. The molecule has 3 rings (SSSR count). The molecule has 96 valence electrons. The molecule has 0 radical (unpaired) electrons. The number of ether oxygens (including phenoxy) is 1. The van der Waals surface area contributed by atoms with E-state index < -0.39 is 11.7 Å². The molecule has 1 aromatic rings. The van der Waals surface area contributed by atoms with Crippen molar-refractivity contribution in [2.24, 2.45) is 4.99 Å². The monoisotopic (exact) mass is 256 g/mol. The van der Waals surface area contributed by atoms with Crippen LogP contribution < -0.4 is 0 Å². The van der Waals surface area contributed by atoms with E-state index in [2.05, 4.69) is 4.99 Å². The molecular formula is C12H11F3N2O. The summed E-state index contributed by atoms with van der Waals surface area (Å²) in [5.74, 6) is 0. The Hall–Kier alpha value is -1.72. The van der Waals surface area contributed by atoms with Crippen LogP contribution in [0.3, 0.4) is 0 Å². The van der Waals surface area contributed by atoms with Gasteiger partial charge in [0.2, 0.25) is 0 Å². The zero-order valence-electron chi connectivity index (χ0n) is 9.50. The highest BCUT2D eigenvalue weighted by Gasteiger charge is 2.37. The Bertz CT molecular complexity index is 511. The van der Waals surface area contributed by atoms with Crippen molar-refractivity contribution in [3.63, 3.8) is 0 Å². The predicted octanol–water partition coefficient (Wildman–Crippen LogP) is 2.41. The Morgan fingerprint density at radius 1 is 1.22 bits per heavy atom. The minimum Gasteiger partial charge on any atom is -0.463 e. The van der Waals surface area contributed by atoms with Crippen LogP contribution >= 0.6 is 0 Å². The fourth-order valence-electron chi connectivity index (χ4n) is 2.34. The molecule has 0 unspecified atom stereocenters. The number of halogens is 3. The molecule has 0 saturated carbocycles. The van der Waals surface area contributed by atoms with Gasteiger partial charge in [-0.1, -0.05) is 12.1 Å². The molecule has 2 aliphatic rings. The van der Waals surface area contributed by atoms with Crippen LogP contribution in [0.4, 0.5) is 13.2 Å². The van der Waals surface area contributed by atoms with Crippen LogP contribution in [0.15, 0.2) is 23.2 Å². The average Bonchev–Trinajstić information content (AvgIpc) is 2.95. The lowest BCUT2D eigenvalue weighted by molar-refractivity contribution is -0.138. The van der Waals surface area contributed by atoms with Crippen LogP contribution in [0.25, 0.3) is 0 Å². The van der Waals surface area contributed by atoms with Gasteiger partial charge in [-0.15, -0.1) is 0 Å². The maximum Gasteiger partial charge on any atom is 0.416 e. The summed E-state index contributed by atoms with van der Waals surface area (Å²) < 4.78 is 43.9. The first-order chi connectivity index (χ1) is 8.55. The molecule has 0 atom stereocenters. The summed E-state index contributed by atoms with van der Waals surface area (Å²) in [6, 6.07) is 4.75. The van der Waals surface area contributed by atoms with Gasteiger partial charge in [0.25, 0.3) is 6.02 Å². The number of alkyl halides is 3. The second-order valence-corrected chi connectivity index (χ2v) is 4.31. The minimum atomic E-state index is -4.31. The van der Waals surface area contributed by atoms with E-state index in [1.165, 1.54) is 6.07 Å². The highest BCUT2D eigenvalue weighted by Crippen LogP contribution is 2.37. The molecule has 3 nitrogen and oxygen atoms in total. The Labute approximate surface area is 102 Å². The lowest BCUT2D eigenvalue weighted by atomic mass is 10.0. The highest BCUT2D eigenvalue weighted by atomic mass is 19.4. The van der Waals surface area contributed by atoms with Gasteiger partial charge < -0.3 is 9.64 Å². The molecule has 0 aliphatic carbocycles. The molecular weight excluding hydrogens is 245 g/mol. The van der Waals surface area contributed by atoms with Crippen LogP contribution in [-0.2, 0) is 24.0 Å². The van der Waals surface area contributed by atoms with Gasteiger partial charge >= 0.3 is 6.18 Å². The standard InChI is InChI=1S/C12H11F3N2O/c13-12(14,15)10-3-1-2-8-6-17(7-9(8)10)11-16-4-5-18-11/h1-3H,4-7H2. The molecule has 0 fully saturated rings. The number of aliphatic imine (C=N–C) groups is 1. The predicted molar refractivity (Wildman–Crippen MR) is 58.9 cm³/mol. The van der Waals surface area contributed by atoms with E-state index in [9.17, 15) is 13.2 Å². The number of amidine groups is 1. The smallest absolute Gasteiger partial charge is 0.416 e. The van der Waals surface area contributed by atoms with Crippen molar-refractivity contribution in [1.29, 1.82) is 0 Å². The van der Waals surface area contributed by atoms with E-state index >= 15 is 0 Å². The van der Waals surface area contributed by atoms with Crippen molar-refractivity contribution in [1.82, 2.24) is 4.90 Å². The summed E-state index contributed by atoms with van der Waals surface area (Å²) in [4.78, 5) is 5.87. The fourth-order valence-corrected chi connectivity index (χ4v) is 2.34. The zero-order valence-corrected chi connectivity index (χ0v) is 9.50. The van der Waals surface area contributed by atoms with E-state index in [-0.39, 0.29) is 6.54 Å². The Kier molecular flexibility index (Phi) is 2.46. The topological polar surface area (TPSA) is 24.8 Å². The van der Waals surface area contributed by atoms with Crippen molar-refractivity contribution < 1.29 is 17.9 Å². The average molecular weight is 256 g/mol. The number of hydrogen-bond donors (Lipinski definition) is 0. The van der Waals surface area contributed by atoms with E-state index in [0.29, 0.717) is 36.8 Å². The van der Waals surface area contributed by atoms with Crippen LogP contribution in [0.1, 0.15) is 16.7 Å². The van der Waals surface area contributed by atoms with Crippen LogP contribution in [-0.4, -0.2) is 24.1 Å². The lowest BCUT2D eigenvalue weighted by Gasteiger charge is -2.16. The highest BCUT2D eigenvalue weighted by molar-refractivity contribution is 5.76. The van der Waals surface area contributed by atoms with E-state index in [4.69, 9.17) is 4.74 Å². The van der Waals surface area contributed by atoms with Crippen molar-refractivity contribution in [2.75, 3.05) is 13.2 Å². The summed E-state index contributed by atoms with van der Waals surface area (Å²) in [5, 5.41) is 0. The minimum absolute atomic E-state index is 0.212. The van der Waals surface area contributed by atoms with E-state index in [1.807, 2.05) is 0 Å². The van der Waals surface area contributed by atoms with Crippen molar-refractivity contribution in [2.45, 2.75) is 19.3 Å². The van der Waals surface area contributed by atoms with Gasteiger partial charge in [-0.25, -0.2) is 4.99 Å². The second kappa shape index (κ2) is 3.90. The zero-order chi connectivity index (χ0) is 12.8. The third-order valence-electron chi connectivity index (χ3n) is 3.13. The SMILES string of the molecule is FC(F)(F)c1cccc2c1CN(C1=NCCO1)C2. The first-order valence-electron chi connectivity index (χ1n) is 5.66. The van der Waals surface area contributed by atoms with Gasteiger partial charge in [-0.3, -0.25) is 0 Å². The Morgan fingerprint density at radius 3 is 2.72 bits per heavy atom. The summed E-state index contributed by atoms with van der Waals surface area (Å²) in [6.45, 7) is 1.73. The number of nitrogens with zero attached hydrogens (tertiary/aromatic N) is 2. The maximum atomic E-state index is 12.9. The largest absolute Gasteiger partial charge is 0.463 e. The molecule has 0 amide bonds. The Morgan fingerprint density at radius 2 is 2.06 bits per heavy atom. The molecule has 18 heavy (non-hydrogen) atoms. The fraction of sp³-hybridized carbons (Fsp3) is 0.417. The Balaban J connectivity index is 1.93. The molecule has 2 aliphatic heterocycles. The third-order valence-corrected chi connectivity index (χ3v) is 3.13. The molecule has 6 heteroatoms. The van der Waals surface area contributed by atoms with Gasteiger partial charge in [-0.05, 0) is 17.2 Å². The van der Waals surface area contributed by atoms with Crippen LogP contribution in [0, 0.1) is 0 Å². The normalized spacial score (nSPS) is 18.6. The molecule has 0 saturated heterocycles. The molecule has 0 bridgehead atoms. The maximum absolute atomic E-state index is 12.9. The molecule has 1 aromatic carbocycles. The first kappa shape index (κ1) is 11.4. The van der Waals surface area contributed by atoms with Crippen molar-refractivity contribution in [3.05, 3.63) is 34.9 Å². The summed E-state index contributed by atoms with van der Waals surface area (Å²) in [5.41, 5.74) is 0.479. The van der Waals surface area contributed by atoms with Gasteiger partial charge in [-0.2, -0.15) is 13.2 Å². The van der Waals surface area contributed by atoms with Gasteiger partial charge in [0.1, 0.15) is 6.61 Å². The molecule has 0 N–H and O–H groups in total. The first-order valence-corrected chi connectivity index (χ1v) is 5.66. The van der Waals surface area contributed by atoms with E-state index in [0.717, 1.165) is 6.07 Å². The molecule has 2 heterocycles. The van der Waals surface area contributed by atoms with Crippen molar-refractivity contribution >= 4 is 6.02 Å². The molecule has 0 spiro atoms. The summed E-state index contributed by atoms with van der Waals surface area (Å²) in [7, 11) is 0. The van der Waals surface area contributed by atoms with Gasteiger partial charge in [0.15, 0.2) is 0 Å². The number of benzene rings is 1. The molecule has 0 aromatic heterocycles. The second-order valence-electron chi connectivity index (χ2n) is 4.31. The van der Waals surface area contributed by atoms with Gasteiger partial charge in [0.05, 0.1) is 12.1 Å². The summed E-state index contributed by atoms with van der Waals surface area (Å²) >= 11 is 0. The van der Waals surface area contributed by atoms with Crippen molar-refractivity contribution in [3.8, 4) is 0 Å². The van der Waals surface area contributed by atoms with Crippen LogP contribution in [0.5, 0.6) is 0 Å². The summed E-state index contributed by atoms with van der Waals surface area (Å²) in [6.07, 6.45) is -4.31. The number of fused-ring (bicyclic) bond motifs is 1. The number of rotatable bonds is 0.